The standard InChI is InChI=1S/C10H11ClN2O3S/c11-9-4-3-7(17(12,15)16)5-8(9)10(14)13-6-1-2-6/h3-6H,1-2H2,(H,13,14)(H2,12,15,16). The molecule has 0 unspecified atom stereocenters. The average Bonchev–Trinajstić information content (AvgIpc) is 3.00. The summed E-state index contributed by atoms with van der Waals surface area (Å²) in [5.74, 6) is -0.372. The first kappa shape index (κ1) is 12.3. The summed E-state index contributed by atoms with van der Waals surface area (Å²) in [5.41, 5.74) is 0.130. The Morgan fingerprint density at radius 2 is 2.06 bits per heavy atom. The first-order valence-corrected chi connectivity index (χ1v) is 6.93. The van der Waals surface area contributed by atoms with Crippen LogP contribution in [0.25, 0.3) is 0 Å². The van der Waals surface area contributed by atoms with Crippen molar-refractivity contribution in [2.24, 2.45) is 5.14 Å². The summed E-state index contributed by atoms with van der Waals surface area (Å²) in [7, 11) is -3.83. The molecule has 92 valence electrons. The van der Waals surface area contributed by atoms with E-state index < -0.39 is 10.0 Å². The molecule has 1 aliphatic carbocycles. The van der Waals surface area contributed by atoms with Gasteiger partial charge in [0.25, 0.3) is 5.91 Å². The topological polar surface area (TPSA) is 89.3 Å². The second-order valence-corrected chi connectivity index (χ2v) is 5.90. The number of primary sulfonamides is 1. The first-order valence-electron chi connectivity index (χ1n) is 5.01. The lowest BCUT2D eigenvalue weighted by Crippen LogP contribution is -2.26. The molecule has 7 heteroatoms. The van der Waals surface area contributed by atoms with Crippen LogP contribution in [-0.4, -0.2) is 20.4 Å². The zero-order chi connectivity index (χ0) is 12.6. The van der Waals surface area contributed by atoms with Gasteiger partial charge in [0.2, 0.25) is 10.0 Å². The molecule has 0 saturated heterocycles. The zero-order valence-electron chi connectivity index (χ0n) is 8.81. The Bertz CT molecular complexity index is 567. The normalized spacial score (nSPS) is 15.6. The Hall–Kier alpha value is -1.11. The maximum atomic E-state index is 11.8. The molecule has 1 aliphatic rings. The van der Waals surface area contributed by atoms with Crippen molar-refractivity contribution in [2.45, 2.75) is 23.8 Å². The van der Waals surface area contributed by atoms with E-state index >= 15 is 0 Å². The van der Waals surface area contributed by atoms with E-state index in [4.69, 9.17) is 16.7 Å². The lowest BCUT2D eigenvalue weighted by Gasteiger charge is -2.07. The van der Waals surface area contributed by atoms with Gasteiger partial charge in [0.05, 0.1) is 15.5 Å². The van der Waals surface area contributed by atoms with E-state index in [2.05, 4.69) is 5.32 Å². The second kappa shape index (κ2) is 4.29. The van der Waals surface area contributed by atoms with E-state index in [0.29, 0.717) is 0 Å². The number of hydrogen-bond donors (Lipinski definition) is 2. The Morgan fingerprint density at radius 1 is 1.41 bits per heavy atom. The van der Waals surface area contributed by atoms with Gasteiger partial charge in [-0.2, -0.15) is 0 Å². The van der Waals surface area contributed by atoms with Crippen LogP contribution in [-0.2, 0) is 10.0 Å². The van der Waals surface area contributed by atoms with E-state index in [9.17, 15) is 13.2 Å². The highest BCUT2D eigenvalue weighted by Gasteiger charge is 2.25. The minimum Gasteiger partial charge on any atom is -0.349 e. The number of amides is 1. The van der Waals surface area contributed by atoms with Crippen molar-refractivity contribution in [3.63, 3.8) is 0 Å². The van der Waals surface area contributed by atoms with E-state index in [1.807, 2.05) is 0 Å². The fourth-order valence-corrected chi connectivity index (χ4v) is 2.09. The summed E-state index contributed by atoms with van der Waals surface area (Å²) in [5, 5.41) is 7.92. The van der Waals surface area contributed by atoms with Crippen LogP contribution in [0.3, 0.4) is 0 Å². The zero-order valence-corrected chi connectivity index (χ0v) is 10.4. The molecule has 17 heavy (non-hydrogen) atoms. The third kappa shape index (κ3) is 2.96. The third-order valence-electron chi connectivity index (χ3n) is 2.42. The molecule has 5 nitrogen and oxygen atoms in total. The average molecular weight is 275 g/mol. The molecule has 3 N–H and O–H groups in total. The van der Waals surface area contributed by atoms with Crippen LogP contribution in [0.5, 0.6) is 0 Å². The summed E-state index contributed by atoms with van der Waals surface area (Å²) in [6, 6.07) is 3.99. The number of carbonyl (C=O) groups excluding carboxylic acids is 1. The smallest absolute Gasteiger partial charge is 0.253 e. The number of halogens is 1. The fourth-order valence-electron chi connectivity index (χ4n) is 1.35. The molecule has 0 bridgehead atoms. The van der Waals surface area contributed by atoms with Crippen LogP contribution < -0.4 is 10.5 Å². The molecular formula is C10H11ClN2O3S. The van der Waals surface area contributed by atoms with Crippen molar-refractivity contribution in [1.29, 1.82) is 0 Å². The molecule has 1 aromatic carbocycles. The van der Waals surface area contributed by atoms with Crippen LogP contribution in [0.4, 0.5) is 0 Å². The highest BCUT2D eigenvalue weighted by atomic mass is 35.5. The Morgan fingerprint density at radius 3 is 2.59 bits per heavy atom. The molecule has 0 spiro atoms. The third-order valence-corrected chi connectivity index (χ3v) is 3.66. The van der Waals surface area contributed by atoms with Crippen LogP contribution in [0.1, 0.15) is 23.2 Å². The number of sulfonamides is 1. The summed E-state index contributed by atoms with van der Waals surface area (Å²) in [6.07, 6.45) is 1.89. The van der Waals surface area contributed by atoms with Gasteiger partial charge < -0.3 is 5.32 Å². The minimum atomic E-state index is -3.83. The van der Waals surface area contributed by atoms with Crippen molar-refractivity contribution in [1.82, 2.24) is 5.32 Å². The molecule has 0 heterocycles. The van der Waals surface area contributed by atoms with Gasteiger partial charge in [0, 0.05) is 6.04 Å². The highest BCUT2D eigenvalue weighted by molar-refractivity contribution is 7.89. The van der Waals surface area contributed by atoms with Gasteiger partial charge in [-0.3, -0.25) is 4.79 Å². The van der Waals surface area contributed by atoms with Gasteiger partial charge in [0.15, 0.2) is 0 Å². The summed E-state index contributed by atoms with van der Waals surface area (Å²) in [4.78, 5) is 11.6. The van der Waals surface area contributed by atoms with E-state index in [1.165, 1.54) is 18.2 Å². The lowest BCUT2D eigenvalue weighted by atomic mass is 10.2. The quantitative estimate of drug-likeness (QED) is 0.857. The van der Waals surface area contributed by atoms with Crippen LogP contribution in [0, 0.1) is 0 Å². The van der Waals surface area contributed by atoms with Gasteiger partial charge in [-0.05, 0) is 31.0 Å². The number of nitrogens with one attached hydrogen (secondary N) is 1. The van der Waals surface area contributed by atoms with Gasteiger partial charge in [-0.25, -0.2) is 13.6 Å². The van der Waals surface area contributed by atoms with E-state index in [-0.39, 0.29) is 27.4 Å². The molecule has 1 saturated carbocycles. The first-order chi connectivity index (χ1) is 7.88. The second-order valence-electron chi connectivity index (χ2n) is 3.93. The summed E-state index contributed by atoms with van der Waals surface area (Å²) < 4.78 is 22.3. The van der Waals surface area contributed by atoms with E-state index in [0.717, 1.165) is 12.8 Å². The van der Waals surface area contributed by atoms with Crippen LogP contribution in [0.15, 0.2) is 23.1 Å². The SMILES string of the molecule is NS(=O)(=O)c1ccc(Cl)c(C(=O)NC2CC2)c1. The maximum Gasteiger partial charge on any atom is 0.253 e. The molecule has 0 atom stereocenters. The molecular weight excluding hydrogens is 264 g/mol. The summed E-state index contributed by atoms with van der Waals surface area (Å²) in [6.45, 7) is 0. The Labute approximate surface area is 104 Å². The molecule has 1 amide bonds. The van der Waals surface area contributed by atoms with Crippen molar-refractivity contribution in [3.8, 4) is 0 Å². The number of rotatable bonds is 3. The molecule has 1 fully saturated rings. The number of hydrogen-bond acceptors (Lipinski definition) is 3. The fraction of sp³-hybridized carbons (Fsp3) is 0.300. The molecule has 1 aromatic rings. The lowest BCUT2D eigenvalue weighted by molar-refractivity contribution is 0.0951. The molecule has 0 radical (unpaired) electrons. The van der Waals surface area contributed by atoms with Gasteiger partial charge in [-0.15, -0.1) is 0 Å². The summed E-state index contributed by atoms with van der Waals surface area (Å²) >= 11 is 5.85. The van der Waals surface area contributed by atoms with Gasteiger partial charge in [-0.1, -0.05) is 11.6 Å². The number of nitrogens with two attached hydrogens (primary N) is 1. The van der Waals surface area contributed by atoms with Gasteiger partial charge >= 0.3 is 0 Å². The monoisotopic (exact) mass is 274 g/mol. The van der Waals surface area contributed by atoms with Crippen molar-refractivity contribution in [3.05, 3.63) is 28.8 Å². The van der Waals surface area contributed by atoms with E-state index in [1.54, 1.807) is 0 Å². The largest absolute Gasteiger partial charge is 0.349 e. The molecule has 0 aromatic heterocycles. The Balaban J connectivity index is 2.34. The predicted octanol–water partition coefficient (Wildman–Crippen LogP) is 0.880. The van der Waals surface area contributed by atoms with Gasteiger partial charge in [0.1, 0.15) is 0 Å². The molecule has 0 aliphatic heterocycles. The van der Waals surface area contributed by atoms with Crippen molar-refractivity contribution >= 4 is 27.5 Å². The molecule has 2 rings (SSSR count). The van der Waals surface area contributed by atoms with Crippen molar-refractivity contribution < 1.29 is 13.2 Å². The van der Waals surface area contributed by atoms with Crippen molar-refractivity contribution in [2.75, 3.05) is 0 Å². The Kier molecular flexibility index (Phi) is 3.11. The number of carbonyl (C=O) groups is 1. The predicted molar refractivity (Wildman–Crippen MR) is 63.3 cm³/mol. The maximum absolute atomic E-state index is 11.8. The minimum absolute atomic E-state index is 0.122. The number of benzene rings is 1. The van der Waals surface area contributed by atoms with Crippen LogP contribution >= 0.6 is 11.6 Å². The van der Waals surface area contributed by atoms with Crippen LogP contribution in [0.2, 0.25) is 5.02 Å². The highest BCUT2D eigenvalue weighted by Crippen LogP contribution is 2.23.